The van der Waals surface area contributed by atoms with Crippen LogP contribution in [0.25, 0.3) is 6.08 Å². The Kier molecular flexibility index (Phi) is 5.55. The Morgan fingerprint density at radius 1 is 1.09 bits per heavy atom. The van der Waals surface area contributed by atoms with Crippen LogP contribution in [0.15, 0.2) is 48.5 Å². The average Bonchev–Trinajstić information content (AvgIpc) is 2.56. The molecule has 23 heavy (non-hydrogen) atoms. The van der Waals surface area contributed by atoms with Crippen molar-refractivity contribution in [2.24, 2.45) is 0 Å². The van der Waals surface area contributed by atoms with Crippen molar-refractivity contribution in [2.45, 2.75) is 6.92 Å². The molecular weight excluding hydrogens is 312 g/mol. The van der Waals surface area contributed by atoms with E-state index < -0.39 is 0 Å². The molecule has 0 aliphatic rings. The van der Waals surface area contributed by atoms with Crippen LogP contribution in [0.2, 0.25) is 5.02 Å². The number of hydrogen-bond acceptors (Lipinski definition) is 2. The number of carbonyl (C=O) groups is 2. The van der Waals surface area contributed by atoms with Crippen molar-refractivity contribution in [1.29, 1.82) is 0 Å². The zero-order chi connectivity index (χ0) is 16.8. The standard InChI is InChI=1S/C18H17ClN2O2/c1-12-3-9-15(11-16(12)19)21-17(22)10-6-13-4-7-14(8-5-13)18(23)20-2/h3-11H,1-2H3,(H,20,23)(H,21,22)/b10-6+. The number of amides is 2. The van der Waals surface area contributed by atoms with Crippen LogP contribution in [-0.4, -0.2) is 18.9 Å². The van der Waals surface area contributed by atoms with Crippen molar-refractivity contribution < 1.29 is 9.59 Å². The Balaban J connectivity index is 2.00. The van der Waals surface area contributed by atoms with Gasteiger partial charge in [-0.15, -0.1) is 0 Å². The van der Waals surface area contributed by atoms with Gasteiger partial charge >= 0.3 is 0 Å². The van der Waals surface area contributed by atoms with Gasteiger partial charge < -0.3 is 10.6 Å². The number of carbonyl (C=O) groups excluding carboxylic acids is 2. The fraction of sp³-hybridized carbons (Fsp3) is 0.111. The first-order valence-corrected chi connectivity index (χ1v) is 7.45. The lowest BCUT2D eigenvalue weighted by atomic mass is 10.1. The van der Waals surface area contributed by atoms with Gasteiger partial charge in [0.15, 0.2) is 0 Å². The molecular formula is C18H17ClN2O2. The summed E-state index contributed by atoms with van der Waals surface area (Å²) in [7, 11) is 1.58. The first-order valence-electron chi connectivity index (χ1n) is 7.07. The Morgan fingerprint density at radius 2 is 1.78 bits per heavy atom. The number of hydrogen-bond donors (Lipinski definition) is 2. The number of halogens is 1. The maximum Gasteiger partial charge on any atom is 0.251 e. The SMILES string of the molecule is CNC(=O)c1ccc(/C=C/C(=O)Nc2ccc(C)c(Cl)c2)cc1. The summed E-state index contributed by atoms with van der Waals surface area (Å²) in [6.45, 7) is 1.90. The van der Waals surface area contributed by atoms with Gasteiger partial charge in [0.2, 0.25) is 5.91 Å². The number of benzene rings is 2. The van der Waals surface area contributed by atoms with Gasteiger partial charge in [0.05, 0.1) is 0 Å². The van der Waals surface area contributed by atoms with Crippen LogP contribution >= 0.6 is 11.6 Å². The fourth-order valence-corrected chi connectivity index (χ4v) is 2.10. The van der Waals surface area contributed by atoms with Gasteiger partial charge in [0.1, 0.15) is 0 Å². The third-order valence-corrected chi connectivity index (χ3v) is 3.67. The highest BCUT2D eigenvalue weighted by molar-refractivity contribution is 6.31. The monoisotopic (exact) mass is 328 g/mol. The van der Waals surface area contributed by atoms with Crippen molar-refractivity contribution in [3.8, 4) is 0 Å². The lowest BCUT2D eigenvalue weighted by Crippen LogP contribution is -2.17. The van der Waals surface area contributed by atoms with Crippen molar-refractivity contribution in [2.75, 3.05) is 12.4 Å². The normalized spacial score (nSPS) is 10.6. The van der Waals surface area contributed by atoms with E-state index in [1.54, 1.807) is 49.5 Å². The van der Waals surface area contributed by atoms with Gasteiger partial charge in [-0.05, 0) is 48.4 Å². The van der Waals surface area contributed by atoms with E-state index in [1.165, 1.54) is 6.08 Å². The molecule has 0 saturated carbocycles. The van der Waals surface area contributed by atoms with Gasteiger partial charge in [-0.3, -0.25) is 9.59 Å². The summed E-state index contributed by atoms with van der Waals surface area (Å²) in [6.07, 6.45) is 3.11. The molecule has 0 unspecified atom stereocenters. The van der Waals surface area contributed by atoms with Crippen LogP contribution < -0.4 is 10.6 Å². The first-order chi connectivity index (χ1) is 11.0. The smallest absolute Gasteiger partial charge is 0.251 e. The molecule has 118 valence electrons. The molecule has 2 amide bonds. The molecule has 2 rings (SSSR count). The van der Waals surface area contributed by atoms with Gasteiger partial charge in [-0.1, -0.05) is 29.8 Å². The molecule has 0 bridgehead atoms. The highest BCUT2D eigenvalue weighted by Crippen LogP contribution is 2.19. The van der Waals surface area contributed by atoms with Crippen LogP contribution in [0.1, 0.15) is 21.5 Å². The van der Waals surface area contributed by atoms with Gasteiger partial charge in [-0.2, -0.15) is 0 Å². The molecule has 0 aliphatic heterocycles. The highest BCUT2D eigenvalue weighted by Gasteiger charge is 2.02. The predicted molar refractivity (Wildman–Crippen MR) is 93.7 cm³/mol. The number of anilines is 1. The van der Waals surface area contributed by atoms with Crippen molar-refractivity contribution in [3.05, 3.63) is 70.3 Å². The average molecular weight is 329 g/mol. The maximum atomic E-state index is 11.9. The molecule has 2 aromatic rings. The third kappa shape index (κ3) is 4.69. The predicted octanol–water partition coefficient (Wildman–Crippen LogP) is 3.66. The van der Waals surface area contributed by atoms with Crippen molar-refractivity contribution in [1.82, 2.24) is 5.32 Å². The topological polar surface area (TPSA) is 58.2 Å². The van der Waals surface area contributed by atoms with E-state index in [0.717, 1.165) is 11.1 Å². The molecule has 0 saturated heterocycles. The van der Waals surface area contributed by atoms with E-state index in [9.17, 15) is 9.59 Å². The molecule has 4 nitrogen and oxygen atoms in total. The maximum absolute atomic E-state index is 11.9. The summed E-state index contributed by atoms with van der Waals surface area (Å²) in [6, 6.07) is 12.3. The summed E-state index contributed by atoms with van der Waals surface area (Å²) in [5.74, 6) is -0.394. The molecule has 0 aliphatic carbocycles. The van der Waals surface area contributed by atoms with Crippen molar-refractivity contribution >= 4 is 35.2 Å². The van der Waals surface area contributed by atoms with E-state index >= 15 is 0 Å². The van der Waals surface area contributed by atoms with Crippen LogP contribution in [-0.2, 0) is 4.79 Å². The first kappa shape index (κ1) is 16.8. The third-order valence-electron chi connectivity index (χ3n) is 3.27. The fourth-order valence-electron chi connectivity index (χ4n) is 1.92. The minimum atomic E-state index is -0.250. The quantitative estimate of drug-likeness (QED) is 0.841. The Labute approximate surface area is 140 Å². The van der Waals surface area contributed by atoms with E-state index in [0.29, 0.717) is 16.3 Å². The Morgan fingerprint density at radius 3 is 2.39 bits per heavy atom. The second kappa shape index (κ2) is 7.61. The van der Waals surface area contributed by atoms with Crippen LogP contribution in [0.3, 0.4) is 0 Å². The van der Waals surface area contributed by atoms with E-state index in [-0.39, 0.29) is 11.8 Å². The molecule has 5 heteroatoms. The number of aryl methyl sites for hydroxylation is 1. The largest absolute Gasteiger partial charge is 0.355 e. The number of nitrogens with one attached hydrogen (secondary N) is 2. The van der Waals surface area contributed by atoms with E-state index in [4.69, 9.17) is 11.6 Å². The summed E-state index contributed by atoms with van der Waals surface area (Å²) in [5, 5.41) is 5.91. The lowest BCUT2D eigenvalue weighted by Gasteiger charge is -2.04. The van der Waals surface area contributed by atoms with Gasteiger partial charge in [-0.25, -0.2) is 0 Å². The van der Waals surface area contributed by atoms with E-state index in [2.05, 4.69) is 10.6 Å². The van der Waals surface area contributed by atoms with Gasteiger partial charge in [0.25, 0.3) is 5.91 Å². The Bertz CT molecular complexity index is 752. The second-order valence-corrected chi connectivity index (χ2v) is 5.39. The van der Waals surface area contributed by atoms with Gasteiger partial charge in [0, 0.05) is 29.4 Å². The molecule has 2 aromatic carbocycles. The molecule has 0 radical (unpaired) electrons. The summed E-state index contributed by atoms with van der Waals surface area (Å²) in [4.78, 5) is 23.3. The Hall–Kier alpha value is -2.59. The van der Waals surface area contributed by atoms with E-state index in [1.807, 2.05) is 13.0 Å². The summed E-state index contributed by atoms with van der Waals surface area (Å²) < 4.78 is 0. The zero-order valence-electron chi connectivity index (χ0n) is 12.9. The minimum absolute atomic E-state index is 0.144. The molecule has 0 atom stereocenters. The molecule has 0 aromatic heterocycles. The minimum Gasteiger partial charge on any atom is -0.355 e. The van der Waals surface area contributed by atoms with Crippen LogP contribution in [0, 0.1) is 6.92 Å². The van der Waals surface area contributed by atoms with Crippen molar-refractivity contribution in [3.63, 3.8) is 0 Å². The van der Waals surface area contributed by atoms with Crippen LogP contribution in [0.5, 0.6) is 0 Å². The second-order valence-electron chi connectivity index (χ2n) is 4.99. The molecule has 0 spiro atoms. The zero-order valence-corrected chi connectivity index (χ0v) is 13.6. The summed E-state index contributed by atoms with van der Waals surface area (Å²) >= 11 is 6.02. The van der Waals surface area contributed by atoms with Crippen LogP contribution in [0.4, 0.5) is 5.69 Å². The number of rotatable bonds is 4. The highest BCUT2D eigenvalue weighted by atomic mass is 35.5. The lowest BCUT2D eigenvalue weighted by molar-refractivity contribution is -0.111. The molecule has 0 fully saturated rings. The summed E-state index contributed by atoms with van der Waals surface area (Å²) in [5.41, 5.74) is 3.00. The molecule has 0 heterocycles. The molecule has 2 N–H and O–H groups in total.